The lowest BCUT2D eigenvalue weighted by atomic mass is 10.0. The third-order valence-electron chi connectivity index (χ3n) is 4.60. The third-order valence-corrected chi connectivity index (χ3v) is 4.60. The summed E-state index contributed by atoms with van der Waals surface area (Å²) in [6.45, 7) is 1.29. The number of hydrogen-bond donors (Lipinski definition) is 1. The Morgan fingerprint density at radius 3 is 2.38 bits per heavy atom. The van der Waals surface area contributed by atoms with Gasteiger partial charge < -0.3 is 15.0 Å². The SMILES string of the molecule is COc1ccc(CC(=O)NC2CCN(C(=O)c3ccncc3)CC2)cc1. The maximum Gasteiger partial charge on any atom is 0.253 e. The van der Waals surface area contributed by atoms with Gasteiger partial charge >= 0.3 is 0 Å². The smallest absolute Gasteiger partial charge is 0.253 e. The van der Waals surface area contributed by atoms with Crippen molar-refractivity contribution in [2.45, 2.75) is 25.3 Å². The summed E-state index contributed by atoms with van der Waals surface area (Å²) in [5.74, 6) is 0.810. The Labute approximate surface area is 153 Å². The highest BCUT2D eigenvalue weighted by molar-refractivity contribution is 5.94. The van der Waals surface area contributed by atoms with Gasteiger partial charge in [0.05, 0.1) is 13.5 Å². The average Bonchev–Trinajstić information content (AvgIpc) is 2.69. The van der Waals surface area contributed by atoms with E-state index in [0.717, 1.165) is 24.2 Å². The highest BCUT2D eigenvalue weighted by Gasteiger charge is 2.24. The fourth-order valence-electron chi connectivity index (χ4n) is 3.11. The van der Waals surface area contributed by atoms with Crippen LogP contribution in [0.25, 0.3) is 0 Å². The molecular weight excluding hydrogens is 330 g/mol. The van der Waals surface area contributed by atoms with Crippen molar-refractivity contribution >= 4 is 11.8 Å². The van der Waals surface area contributed by atoms with Gasteiger partial charge in [0.15, 0.2) is 0 Å². The standard InChI is InChI=1S/C20H23N3O3/c1-26-18-4-2-15(3-5-18)14-19(24)22-17-8-12-23(13-9-17)20(25)16-6-10-21-11-7-16/h2-7,10-11,17H,8-9,12-14H2,1H3,(H,22,24). The van der Waals surface area contributed by atoms with Crippen LogP contribution in [0.4, 0.5) is 0 Å². The maximum absolute atomic E-state index is 12.4. The molecule has 0 atom stereocenters. The number of hydrogen-bond acceptors (Lipinski definition) is 4. The van der Waals surface area contributed by atoms with Crippen LogP contribution in [0.15, 0.2) is 48.8 Å². The van der Waals surface area contributed by atoms with Crippen LogP contribution >= 0.6 is 0 Å². The number of ether oxygens (including phenoxy) is 1. The van der Waals surface area contributed by atoms with E-state index >= 15 is 0 Å². The summed E-state index contributed by atoms with van der Waals surface area (Å²) in [5, 5.41) is 3.08. The second kappa shape index (κ2) is 8.47. The first-order chi connectivity index (χ1) is 12.7. The summed E-state index contributed by atoms with van der Waals surface area (Å²) in [4.78, 5) is 30.4. The Morgan fingerprint density at radius 2 is 1.77 bits per heavy atom. The van der Waals surface area contributed by atoms with Gasteiger partial charge in [-0.25, -0.2) is 0 Å². The third kappa shape index (κ3) is 4.59. The molecule has 0 unspecified atom stereocenters. The zero-order valence-electron chi connectivity index (χ0n) is 14.9. The number of piperidine rings is 1. The van der Waals surface area contributed by atoms with Gasteiger partial charge in [0, 0.05) is 37.1 Å². The van der Waals surface area contributed by atoms with Gasteiger partial charge in [0.25, 0.3) is 5.91 Å². The van der Waals surface area contributed by atoms with Crippen LogP contribution in [0, 0.1) is 0 Å². The fourth-order valence-corrected chi connectivity index (χ4v) is 3.11. The maximum atomic E-state index is 12.4. The summed E-state index contributed by atoms with van der Waals surface area (Å²) in [6, 6.07) is 11.1. The minimum Gasteiger partial charge on any atom is -0.497 e. The van der Waals surface area contributed by atoms with Gasteiger partial charge in [-0.1, -0.05) is 12.1 Å². The molecule has 136 valence electrons. The summed E-state index contributed by atoms with van der Waals surface area (Å²) in [6.07, 6.45) is 5.13. The lowest BCUT2D eigenvalue weighted by Gasteiger charge is -2.32. The Bertz CT molecular complexity index is 739. The number of nitrogens with one attached hydrogen (secondary N) is 1. The van der Waals surface area contributed by atoms with Gasteiger partial charge in [0.1, 0.15) is 5.75 Å². The number of likely N-dealkylation sites (tertiary alicyclic amines) is 1. The number of amides is 2. The van der Waals surface area contributed by atoms with Gasteiger partial charge in [-0.2, -0.15) is 0 Å². The molecule has 1 fully saturated rings. The van der Waals surface area contributed by atoms with Crippen LogP contribution in [0.1, 0.15) is 28.8 Å². The lowest BCUT2D eigenvalue weighted by molar-refractivity contribution is -0.121. The Kier molecular flexibility index (Phi) is 5.84. The molecule has 1 aromatic heterocycles. The number of nitrogens with zero attached hydrogens (tertiary/aromatic N) is 2. The highest BCUT2D eigenvalue weighted by atomic mass is 16.5. The molecule has 1 aliphatic rings. The molecule has 1 aliphatic heterocycles. The minimum absolute atomic E-state index is 0.00840. The predicted molar refractivity (Wildman–Crippen MR) is 98.0 cm³/mol. The number of carbonyl (C=O) groups is 2. The second-order valence-electron chi connectivity index (χ2n) is 6.39. The number of carbonyl (C=O) groups excluding carboxylic acids is 2. The van der Waals surface area contributed by atoms with Crippen molar-refractivity contribution in [3.63, 3.8) is 0 Å². The van der Waals surface area contributed by atoms with Gasteiger partial charge in [0.2, 0.25) is 5.91 Å². The van der Waals surface area contributed by atoms with Crippen molar-refractivity contribution in [3.8, 4) is 5.75 Å². The van der Waals surface area contributed by atoms with E-state index in [4.69, 9.17) is 4.74 Å². The monoisotopic (exact) mass is 353 g/mol. The molecular formula is C20H23N3O3. The molecule has 2 amide bonds. The van der Waals surface area contributed by atoms with E-state index in [-0.39, 0.29) is 17.9 Å². The van der Waals surface area contributed by atoms with E-state index in [2.05, 4.69) is 10.3 Å². The first kappa shape index (κ1) is 17.9. The van der Waals surface area contributed by atoms with Crippen LogP contribution < -0.4 is 10.1 Å². The molecule has 0 aliphatic carbocycles. The average molecular weight is 353 g/mol. The molecule has 1 N–H and O–H groups in total. The number of methoxy groups -OCH3 is 1. The number of aromatic nitrogens is 1. The van der Waals surface area contributed by atoms with Crippen LogP contribution in [0.3, 0.4) is 0 Å². The summed E-state index contributed by atoms with van der Waals surface area (Å²) in [7, 11) is 1.62. The van der Waals surface area contributed by atoms with Crippen molar-refractivity contribution in [2.24, 2.45) is 0 Å². The Hall–Kier alpha value is -2.89. The fraction of sp³-hybridized carbons (Fsp3) is 0.350. The zero-order valence-corrected chi connectivity index (χ0v) is 14.9. The number of benzene rings is 1. The van der Waals surface area contributed by atoms with Crippen molar-refractivity contribution < 1.29 is 14.3 Å². The van der Waals surface area contributed by atoms with Gasteiger partial charge in [-0.15, -0.1) is 0 Å². The molecule has 0 radical (unpaired) electrons. The van der Waals surface area contributed by atoms with E-state index in [1.165, 1.54) is 0 Å². The number of pyridine rings is 1. The molecule has 0 saturated carbocycles. The van der Waals surface area contributed by atoms with E-state index in [0.29, 0.717) is 25.1 Å². The summed E-state index contributed by atoms with van der Waals surface area (Å²) < 4.78 is 5.12. The normalized spacial score (nSPS) is 14.7. The lowest BCUT2D eigenvalue weighted by Crippen LogP contribution is -2.46. The van der Waals surface area contributed by atoms with Gasteiger partial charge in [-0.3, -0.25) is 14.6 Å². The van der Waals surface area contributed by atoms with Crippen LogP contribution in [-0.4, -0.2) is 47.9 Å². The van der Waals surface area contributed by atoms with Crippen molar-refractivity contribution in [3.05, 3.63) is 59.9 Å². The van der Waals surface area contributed by atoms with Crippen molar-refractivity contribution in [2.75, 3.05) is 20.2 Å². The van der Waals surface area contributed by atoms with Crippen LogP contribution in [0.2, 0.25) is 0 Å². The quantitative estimate of drug-likeness (QED) is 0.893. The molecule has 3 rings (SSSR count). The van der Waals surface area contributed by atoms with Crippen LogP contribution in [0.5, 0.6) is 5.75 Å². The first-order valence-corrected chi connectivity index (χ1v) is 8.77. The Morgan fingerprint density at radius 1 is 1.12 bits per heavy atom. The largest absolute Gasteiger partial charge is 0.497 e. The molecule has 0 bridgehead atoms. The molecule has 6 heteroatoms. The van der Waals surface area contributed by atoms with Gasteiger partial charge in [-0.05, 0) is 42.7 Å². The summed E-state index contributed by atoms with van der Waals surface area (Å²) >= 11 is 0. The molecule has 6 nitrogen and oxygen atoms in total. The molecule has 1 aromatic carbocycles. The molecule has 1 saturated heterocycles. The van der Waals surface area contributed by atoms with Crippen LogP contribution in [-0.2, 0) is 11.2 Å². The second-order valence-corrected chi connectivity index (χ2v) is 6.39. The predicted octanol–water partition coefficient (Wildman–Crippen LogP) is 2.05. The van der Waals surface area contributed by atoms with Crippen molar-refractivity contribution in [1.29, 1.82) is 0 Å². The van der Waals surface area contributed by atoms with E-state index in [1.54, 1.807) is 31.6 Å². The summed E-state index contributed by atoms with van der Waals surface area (Å²) in [5.41, 5.74) is 1.61. The first-order valence-electron chi connectivity index (χ1n) is 8.77. The van der Waals surface area contributed by atoms with E-state index in [9.17, 15) is 9.59 Å². The Balaban J connectivity index is 1.46. The van der Waals surface area contributed by atoms with E-state index in [1.807, 2.05) is 29.2 Å². The van der Waals surface area contributed by atoms with Crippen molar-refractivity contribution in [1.82, 2.24) is 15.2 Å². The van der Waals surface area contributed by atoms with E-state index < -0.39 is 0 Å². The number of rotatable bonds is 5. The molecule has 2 aromatic rings. The molecule has 2 heterocycles. The zero-order chi connectivity index (χ0) is 18.4. The molecule has 26 heavy (non-hydrogen) atoms. The highest BCUT2D eigenvalue weighted by Crippen LogP contribution is 2.15. The topological polar surface area (TPSA) is 71.5 Å². The molecule has 0 spiro atoms. The minimum atomic E-state index is 0.00840.